The first-order chi connectivity index (χ1) is 17.8. The minimum absolute atomic E-state index is 0.904. The van der Waals surface area contributed by atoms with Gasteiger partial charge in [0.05, 0.1) is 0 Å². The summed E-state index contributed by atoms with van der Waals surface area (Å²) in [5, 5.41) is 6.93. The third-order valence-electron chi connectivity index (χ3n) is 7.28. The smallest absolute Gasteiger partial charge is 0.136 e. The Morgan fingerprint density at radius 1 is 0.306 bits per heavy atom. The second-order valence-corrected chi connectivity index (χ2v) is 9.33. The van der Waals surface area contributed by atoms with Crippen molar-refractivity contribution in [1.82, 2.24) is 0 Å². The van der Waals surface area contributed by atoms with Crippen molar-refractivity contribution in [2.75, 3.05) is 0 Å². The van der Waals surface area contributed by atoms with Gasteiger partial charge in [-0.2, -0.15) is 0 Å². The van der Waals surface area contributed by atoms with E-state index in [1.165, 1.54) is 21.9 Å². The quantitative estimate of drug-likeness (QED) is 0.256. The molecule has 0 N–H and O–H groups in total. The molecule has 2 heterocycles. The van der Waals surface area contributed by atoms with Crippen LogP contribution in [0.4, 0.5) is 0 Å². The lowest BCUT2D eigenvalue weighted by molar-refractivity contribution is 0.668. The van der Waals surface area contributed by atoms with Crippen molar-refractivity contribution >= 4 is 54.6 Å². The Morgan fingerprint density at radius 3 is 1.17 bits per heavy atom. The summed E-state index contributed by atoms with van der Waals surface area (Å²) in [5.74, 6) is 0. The van der Waals surface area contributed by atoms with E-state index in [4.69, 9.17) is 8.83 Å². The van der Waals surface area contributed by atoms with Gasteiger partial charge in [-0.15, -0.1) is 0 Å². The lowest BCUT2D eigenvalue weighted by Gasteiger charge is -2.03. The fraction of sp³-hybridized carbons (Fsp3) is 0. The number of hydrogen-bond acceptors (Lipinski definition) is 2. The zero-order valence-electron chi connectivity index (χ0n) is 19.4. The number of hydrogen-bond donors (Lipinski definition) is 0. The summed E-state index contributed by atoms with van der Waals surface area (Å²) >= 11 is 0. The Bertz CT molecular complexity index is 1920. The number of fused-ring (bicyclic) bond motifs is 9. The molecule has 0 atom stereocenters. The number of furan rings is 2. The lowest BCUT2D eigenvalue weighted by atomic mass is 9.97. The van der Waals surface area contributed by atoms with E-state index in [1.807, 2.05) is 12.1 Å². The molecule has 8 aromatic rings. The highest BCUT2D eigenvalue weighted by molar-refractivity contribution is 6.27. The lowest BCUT2D eigenvalue weighted by Crippen LogP contribution is -1.79. The Morgan fingerprint density at radius 2 is 0.722 bits per heavy atom. The summed E-state index contributed by atoms with van der Waals surface area (Å²) < 4.78 is 12.7. The van der Waals surface area contributed by atoms with E-state index < -0.39 is 0 Å². The Hall–Kier alpha value is -4.82. The molecule has 0 aliphatic carbocycles. The van der Waals surface area contributed by atoms with Crippen LogP contribution in [-0.4, -0.2) is 0 Å². The molecule has 0 radical (unpaired) electrons. The van der Waals surface area contributed by atoms with Crippen molar-refractivity contribution in [2.24, 2.45) is 0 Å². The molecule has 6 aromatic carbocycles. The van der Waals surface area contributed by atoms with E-state index in [-0.39, 0.29) is 0 Å². The molecule has 8 rings (SSSR count). The Balaban J connectivity index is 1.37. The van der Waals surface area contributed by atoms with Crippen LogP contribution in [0.2, 0.25) is 0 Å². The minimum atomic E-state index is 0.904. The van der Waals surface area contributed by atoms with Gasteiger partial charge in [0.15, 0.2) is 0 Å². The third kappa shape index (κ3) is 2.79. The molecule has 0 saturated heterocycles. The zero-order chi connectivity index (χ0) is 23.6. The van der Waals surface area contributed by atoms with Gasteiger partial charge in [0.1, 0.15) is 22.3 Å². The van der Waals surface area contributed by atoms with Crippen LogP contribution in [0.1, 0.15) is 0 Å². The molecule has 0 fully saturated rings. The van der Waals surface area contributed by atoms with E-state index in [0.717, 1.165) is 55.0 Å². The van der Waals surface area contributed by atoms with Crippen LogP contribution in [0.3, 0.4) is 0 Å². The molecule has 2 nitrogen and oxygen atoms in total. The van der Waals surface area contributed by atoms with Gasteiger partial charge in [-0.3, -0.25) is 0 Å². The topological polar surface area (TPSA) is 26.3 Å². The predicted octanol–water partition coefficient (Wildman–Crippen LogP) is 9.97. The molecule has 0 aliphatic heterocycles. The molecule has 0 unspecified atom stereocenters. The van der Waals surface area contributed by atoms with Gasteiger partial charge >= 0.3 is 0 Å². The maximum Gasteiger partial charge on any atom is 0.136 e. The molecule has 0 amide bonds. The fourth-order valence-electron chi connectivity index (χ4n) is 5.58. The molecule has 0 aliphatic rings. The van der Waals surface area contributed by atoms with Crippen molar-refractivity contribution in [2.45, 2.75) is 0 Å². The van der Waals surface area contributed by atoms with E-state index >= 15 is 0 Å². The van der Waals surface area contributed by atoms with Gasteiger partial charge in [-0.25, -0.2) is 0 Å². The van der Waals surface area contributed by atoms with Crippen LogP contribution >= 0.6 is 0 Å². The maximum atomic E-state index is 6.35. The molecule has 168 valence electrons. The van der Waals surface area contributed by atoms with E-state index in [1.54, 1.807) is 0 Å². The summed E-state index contributed by atoms with van der Waals surface area (Å²) in [4.78, 5) is 0. The molecular weight excluding hydrogens is 440 g/mol. The van der Waals surface area contributed by atoms with Crippen LogP contribution < -0.4 is 0 Å². The monoisotopic (exact) mass is 460 g/mol. The summed E-state index contributed by atoms with van der Waals surface area (Å²) in [6.07, 6.45) is 0. The first kappa shape index (κ1) is 19.5. The summed E-state index contributed by atoms with van der Waals surface area (Å²) in [6.45, 7) is 0. The van der Waals surface area contributed by atoms with Gasteiger partial charge in [0, 0.05) is 21.5 Å². The highest BCUT2D eigenvalue weighted by Gasteiger charge is 2.16. The Labute approximate surface area is 207 Å². The third-order valence-corrected chi connectivity index (χ3v) is 7.28. The molecule has 0 saturated carbocycles. The average Bonchev–Trinajstić information content (AvgIpc) is 3.51. The standard InChI is InChI=1S/C34H20O2/c1-3-7-21(8-4-1)23-11-13-27-31(19-23)35-29-17-15-26-25(33(27)29)16-18-30-34(26)28-14-12-24(20-32(28)36-30)22-9-5-2-6-10-22/h1-20H. The predicted molar refractivity (Wildman–Crippen MR) is 149 cm³/mol. The average molecular weight is 461 g/mol. The molecule has 2 aromatic heterocycles. The first-order valence-electron chi connectivity index (χ1n) is 12.2. The highest BCUT2D eigenvalue weighted by Crippen LogP contribution is 2.41. The van der Waals surface area contributed by atoms with Crippen LogP contribution in [0.15, 0.2) is 130 Å². The van der Waals surface area contributed by atoms with E-state index in [2.05, 4.69) is 109 Å². The van der Waals surface area contributed by atoms with Crippen LogP contribution in [-0.2, 0) is 0 Å². The van der Waals surface area contributed by atoms with E-state index in [0.29, 0.717) is 0 Å². The molecule has 2 heteroatoms. The highest BCUT2D eigenvalue weighted by atomic mass is 16.3. The normalized spacial score (nSPS) is 11.9. The molecular formula is C34H20O2. The maximum absolute atomic E-state index is 6.35. The number of benzene rings is 6. The number of rotatable bonds is 2. The zero-order valence-corrected chi connectivity index (χ0v) is 19.4. The van der Waals surface area contributed by atoms with Gasteiger partial charge in [-0.05, 0) is 81.6 Å². The summed E-state index contributed by atoms with van der Waals surface area (Å²) in [6, 6.07) is 42.4. The van der Waals surface area contributed by atoms with Gasteiger partial charge in [0.2, 0.25) is 0 Å². The first-order valence-corrected chi connectivity index (χ1v) is 12.2. The largest absolute Gasteiger partial charge is 0.456 e. The van der Waals surface area contributed by atoms with Crippen LogP contribution in [0.5, 0.6) is 0 Å². The van der Waals surface area contributed by atoms with Gasteiger partial charge in [-0.1, -0.05) is 72.8 Å². The van der Waals surface area contributed by atoms with Crippen molar-refractivity contribution in [3.8, 4) is 22.3 Å². The summed E-state index contributed by atoms with van der Waals surface area (Å²) in [7, 11) is 0. The van der Waals surface area contributed by atoms with Crippen molar-refractivity contribution in [1.29, 1.82) is 0 Å². The van der Waals surface area contributed by atoms with Crippen molar-refractivity contribution in [3.63, 3.8) is 0 Å². The van der Waals surface area contributed by atoms with Crippen molar-refractivity contribution < 1.29 is 8.83 Å². The molecule has 0 bridgehead atoms. The Kier molecular flexibility index (Phi) is 3.97. The molecule has 36 heavy (non-hydrogen) atoms. The van der Waals surface area contributed by atoms with Gasteiger partial charge < -0.3 is 8.83 Å². The van der Waals surface area contributed by atoms with Crippen LogP contribution in [0.25, 0.3) is 76.9 Å². The van der Waals surface area contributed by atoms with Crippen LogP contribution in [0, 0.1) is 0 Å². The second kappa shape index (κ2) is 7.34. The van der Waals surface area contributed by atoms with Crippen molar-refractivity contribution in [3.05, 3.63) is 121 Å². The minimum Gasteiger partial charge on any atom is -0.456 e. The second-order valence-electron chi connectivity index (χ2n) is 9.33. The van der Waals surface area contributed by atoms with E-state index in [9.17, 15) is 0 Å². The summed E-state index contributed by atoms with van der Waals surface area (Å²) in [5.41, 5.74) is 8.31. The molecule has 0 spiro atoms. The van der Waals surface area contributed by atoms with Gasteiger partial charge in [0.25, 0.3) is 0 Å². The fourth-order valence-corrected chi connectivity index (χ4v) is 5.58. The SMILES string of the molecule is c1ccc(-c2ccc3c(c2)oc2ccc4c(ccc5oc6cc(-c7ccccc7)ccc6c54)c23)cc1.